The Hall–Kier alpha value is -2.69. The van der Waals surface area contributed by atoms with Crippen molar-refractivity contribution in [3.05, 3.63) is 54.1 Å². The Balaban J connectivity index is 1.09. The van der Waals surface area contributed by atoms with E-state index in [2.05, 4.69) is 34.5 Å². The van der Waals surface area contributed by atoms with Gasteiger partial charge in [-0.25, -0.2) is 0 Å². The molecule has 1 amide bonds. The summed E-state index contributed by atoms with van der Waals surface area (Å²) in [6, 6.07) is 16.5. The van der Waals surface area contributed by atoms with Crippen LogP contribution in [0.3, 0.4) is 0 Å². The van der Waals surface area contributed by atoms with Crippen molar-refractivity contribution in [2.24, 2.45) is 5.92 Å². The summed E-state index contributed by atoms with van der Waals surface area (Å²) >= 11 is 0. The number of rotatable bonds is 8. The van der Waals surface area contributed by atoms with Crippen molar-refractivity contribution in [2.75, 3.05) is 18.0 Å². The summed E-state index contributed by atoms with van der Waals surface area (Å²) < 4.78 is 11.9. The summed E-state index contributed by atoms with van der Waals surface area (Å²) in [5.74, 6) is 2.27. The van der Waals surface area contributed by atoms with Gasteiger partial charge >= 0.3 is 0 Å². The molecule has 1 heterocycles. The van der Waals surface area contributed by atoms with Crippen molar-refractivity contribution in [3.63, 3.8) is 0 Å². The summed E-state index contributed by atoms with van der Waals surface area (Å²) in [4.78, 5) is 14.2. The first kappa shape index (κ1) is 18.3. The fourth-order valence-corrected chi connectivity index (χ4v) is 3.62. The van der Waals surface area contributed by atoms with E-state index in [1.54, 1.807) is 0 Å². The van der Waals surface area contributed by atoms with Crippen LogP contribution in [0.5, 0.6) is 11.5 Å². The molecular formula is C24H28N2O3. The van der Waals surface area contributed by atoms with Crippen molar-refractivity contribution in [1.29, 1.82) is 0 Å². The van der Waals surface area contributed by atoms with Crippen LogP contribution >= 0.6 is 0 Å². The second kappa shape index (κ2) is 7.62. The monoisotopic (exact) mass is 392 g/mol. The molecule has 0 aromatic heterocycles. The van der Waals surface area contributed by atoms with E-state index < -0.39 is 0 Å². The van der Waals surface area contributed by atoms with Gasteiger partial charge in [0, 0.05) is 11.6 Å². The molecule has 5 heteroatoms. The molecule has 1 atom stereocenters. The number of nitrogens with zero attached hydrogens (tertiary/aromatic N) is 1. The lowest BCUT2D eigenvalue weighted by molar-refractivity contribution is -0.122. The molecule has 2 aliphatic carbocycles. The average Bonchev–Trinajstić information content (AvgIpc) is 3.60. The molecule has 1 saturated heterocycles. The summed E-state index contributed by atoms with van der Waals surface area (Å²) in [5.41, 5.74) is 2.32. The molecule has 1 unspecified atom stereocenters. The third-order valence-corrected chi connectivity index (χ3v) is 5.87. The third-order valence-electron chi connectivity index (χ3n) is 5.87. The molecule has 3 fully saturated rings. The van der Waals surface area contributed by atoms with Crippen molar-refractivity contribution in [2.45, 2.75) is 50.9 Å². The number of benzene rings is 2. The Labute approximate surface area is 172 Å². The van der Waals surface area contributed by atoms with E-state index in [4.69, 9.17) is 9.47 Å². The van der Waals surface area contributed by atoms with Gasteiger partial charge in [0.25, 0.3) is 0 Å². The predicted octanol–water partition coefficient (Wildman–Crippen LogP) is 4.08. The van der Waals surface area contributed by atoms with E-state index in [0.29, 0.717) is 6.10 Å². The second-order valence-electron chi connectivity index (χ2n) is 8.53. The quantitative estimate of drug-likeness (QED) is 0.735. The Morgan fingerprint density at radius 1 is 0.897 bits per heavy atom. The highest BCUT2D eigenvalue weighted by Crippen LogP contribution is 2.31. The topological polar surface area (TPSA) is 50.8 Å². The zero-order chi connectivity index (χ0) is 19.8. The van der Waals surface area contributed by atoms with Gasteiger partial charge in [-0.1, -0.05) is 12.1 Å². The molecule has 2 aromatic carbocycles. The molecule has 152 valence electrons. The lowest BCUT2D eigenvalue weighted by Crippen LogP contribution is -2.54. The molecule has 0 spiro atoms. The number of hydrogen-bond donors (Lipinski definition) is 1. The number of ether oxygens (including phenoxy) is 2. The first-order valence-electron chi connectivity index (χ1n) is 10.7. The summed E-state index contributed by atoms with van der Waals surface area (Å²) in [6.07, 6.45) is 5.07. The van der Waals surface area contributed by atoms with E-state index in [1.165, 1.54) is 18.5 Å². The number of amides is 1. The van der Waals surface area contributed by atoms with Gasteiger partial charge in [0.15, 0.2) is 0 Å². The van der Waals surface area contributed by atoms with Gasteiger partial charge in [-0.2, -0.15) is 0 Å². The maximum Gasteiger partial charge on any atom is 0.223 e. The van der Waals surface area contributed by atoms with Crippen LogP contribution in [-0.4, -0.2) is 31.2 Å². The van der Waals surface area contributed by atoms with Crippen molar-refractivity contribution < 1.29 is 14.3 Å². The molecule has 2 saturated carbocycles. The molecule has 2 aromatic rings. The molecule has 3 aliphatic rings. The number of anilines is 1. The fourth-order valence-electron chi connectivity index (χ4n) is 3.62. The van der Waals surface area contributed by atoms with Gasteiger partial charge in [-0.15, -0.1) is 0 Å². The summed E-state index contributed by atoms with van der Waals surface area (Å²) in [7, 11) is 0. The smallest absolute Gasteiger partial charge is 0.223 e. The highest BCUT2D eigenvalue weighted by atomic mass is 16.5. The van der Waals surface area contributed by atoms with Crippen LogP contribution in [0.25, 0.3) is 0 Å². The number of nitrogens with one attached hydrogen (secondary N) is 1. The predicted molar refractivity (Wildman–Crippen MR) is 112 cm³/mol. The van der Waals surface area contributed by atoms with E-state index in [9.17, 15) is 4.79 Å². The summed E-state index contributed by atoms with van der Waals surface area (Å²) in [6.45, 7) is 3.80. The number of carbonyl (C=O) groups is 1. The highest BCUT2D eigenvalue weighted by Gasteiger charge is 2.31. The Morgan fingerprint density at radius 3 is 2.07 bits per heavy atom. The van der Waals surface area contributed by atoms with Crippen LogP contribution in [0.2, 0.25) is 0 Å². The SMILES string of the molecule is CC(NC(=O)C1CC1)c1ccc(OC2CN(c3ccc(OC4CC4)cc3)C2)cc1. The Kier molecular flexibility index (Phi) is 4.82. The van der Waals surface area contributed by atoms with E-state index in [0.717, 1.165) is 43.0 Å². The molecule has 29 heavy (non-hydrogen) atoms. The molecule has 5 rings (SSSR count). The zero-order valence-corrected chi connectivity index (χ0v) is 16.8. The fraction of sp³-hybridized carbons (Fsp3) is 0.458. The minimum Gasteiger partial charge on any atom is -0.490 e. The van der Waals surface area contributed by atoms with Crippen LogP contribution in [-0.2, 0) is 4.79 Å². The number of hydrogen-bond acceptors (Lipinski definition) is 4. The normalized spacial score (nSPS) is 20.0. The van der Waals surface area contributed by atoms with Crippen molar-refractivity contribution >= 4 is 11.6 Å². The largest absolute Gasteiger partial charge is 0.490 e. The molecule has 1 aliphatic heterocycles. The van der Waals surface area contributed by atoms with Crippen LogP contribution in [0.4, 0.5) is 5.69 Å². The van der Waals surface area contributed by atoms with Crippen LogP contribution in [0.1, 0.15) is 44.2 Å². The number of carbonyl (C=O) groups excluding carboxylic acids is 1. The van der Waals surface area contributed by atoms with Gasteiger partial charge in [0.2, 0.25) is 5.91 Å². The first-order chi connectivity index (χ1) is 14.1. The van der Waals surface area contributed by atoms with Gasteiger partial charge in [0.05, 0.1) is 25.2 Å². The Bertz CT molecular complexity index is 851. The maximum absolute atomic E-state index is 11.9. The second-order valence-corrected chi connectivity index (χ2v) is 8.53. The third kappa shape index (κ3) is 4.50. The summed E-state index contributed by atoms with van der Waals surface area (Å²) in [5, 5.41) is 3.09. The van der Waals surface area contributed by atoms with Crippen LogP contribution < -0.4 is 19.7 Å². The molecular weight excluding hydrogens is 364 g/mol. The first-order valence-corrected chi connectivity index (χ1v) is 10.7. The van der Waals surface area contributed by atoms with Gasteiger partial charge in [-0.3, -0.25) is 4.79 Å². The van der Waals surface area contributed by atoms with Crippen LogP contribution in [0.15, 0.2) is 48.5 Å². The maximum atomic E-state index is 11.9. The molecule has 5 nitrogen and oxygen atoms in total. The minimum absolute atomic E-state index is 0.0308. The molecule has 0 radical (unpaired) electrons. The van der Waals surface area contributed by atoms with Gasteiger partial charge in [0.1, 0.15) is 17.6 Å². The standard InChI is InChI=1S/C24H28N2O3/c1-16(25-24(27)18-2-3-18)17-4-8-20(9-5-17)29-23-14-26(15-23)19-6-10-21(11-7-19)28-22-12-13-22/h4-11,16,18,22-23H,2-3,12-15H2,1H3,(H,25,27). The van der Waals surface area contributed by atoms with E-state index in [1.807, 2.05) is 31.2 Å². The lowest BCUT2D eigenvalue weighted by Gasteiger charge is -2.40. The molecule has 0 bridgehead atoms. The van der Waals surface area contributed by atoms with Gasteiger partial charge < -0.3 is 19.7 Å². The zero-order valence-electron chi connectivity index (χ0n) is 16.8. The van der Waals surface area contributed by atoms with E-state index in [-0.39, 0.29) is 24.0 Å². The Morgan fingerprint density at radius 2 is 1.48 bits per heavy atom. The van der Waals surface area contributed by atoms with E-state index >= 15 is 0 Å². The average molecular weight is 392 g/mol. The van der Waals surface area contributed by atoms with Gasteiger partial charge in [-0.05, 0) is 74.6 Å². The minimum atomic E-state index is 0.0308. The highest BCUT2D eigenvalue weighted by molar-refractivity contribution is 5.81. The van der Waals surface area contributed by atoms with Crippen molar-refractivity contribution in [1.82, 2.24) is 5.32 Å². The van der Waals surface area contributed by atoms with Crippen molar-refractivity contribution in [3.8, 4) is 11.5 Å². The molecule has 1 N–H and O–H groups in total. The lowest BCUT2D eigenvalue weighted by atomic mass is 10.1. The van der Waals surface area contributed by atoms with Crippen LogP contribution in [0, 0.1) is 5.92 Å².